The van der Waals surface area contributed by atoms with Gasteiger partial charge in [0, 0.05) is 17.8 Å². The van der Waals surface area contributed by atoms with Crippen molar-refractivity contribution in [3.63, 3.8) is 0 Å². The summed E-state index contributed by atoms with van der Waals surface area (Å²) < 4.78 is 5.05. The minimum atomic E-state index is -0.589. The van der Waals surface area contributed by atoms with Crippen LogP contribution < -0.4 is 10.7 Å². The average Bonchev–Trinajstić information content (AvgIpc) is 1.96. The number of pyridine rings is 1. The summed E-state index contributed by atoms with van der Waals surface area (Å²) in [6.07, 6.45) is -0.589. The number of nitrogens with one attached hydrogen (secondary N) is 2. The van der Waals surface area contributed by atoms with Crippen LogP contribution in [-0.2, 0) is 4.74 Å². The number of rotatable bonds is 1. The zero-order chi connectivity index (χ0) is 12.3. The Balaban J connectivity index is 2.74. The number of ether oxygens (including phenoxy) is 1. The molecule has 0 bridgehead atoms. The first-order chi connectivity index (χ1) is 7.26. The van der Waals surface area contributed by atoms with E-state index in [1.165, 1.54) is 12.1 Å². The lowest BCUT2D eigenvalue weighted by atomic mass is 10.2. The Labute approximate surface area is 93.8 Å². The van der Waals surface area contributed by atoms with Crippen LogP contribution in [0.5, 0.6) is 0 Å². The van der Waals surface area contributed by atoms with E-state index >= 15 is 0 Å². The van der Waals surface area contributed by atoms with Gasteiger partial charge in [-0.15, -0.1) is 0 Å². The first-order valence-corrected chi connectivity index (χ1v) is 4.97. The van der Waals surface area contributed by atoms with Crippen molar-refractivity contribution in [2.24, 2.45) is 0 Å². The predicted molar refractivity (Wildman–Crippen MR) is 61.7 cm³/mol. The molecule has 0 saturated carbocycles. The fraction of sp³-hybridized carbons (Fsp3) is 0.455. The Morgan fingerprint density at radius 2 is 2.00 bits per heavy atom. The molecule has 1 heterocycles. The van der Waals surface area contributed by atoms with Crippen molar-refractivity contribution in [2.75, 3.05) is 5.32 Å². The first-order valence-electron chi connectivity index (χ1n) is 4.97. The van der Waals surface area contributed by atoms with Crippen molar-refractivity contribution in [2.45, 2.75) is 33.3 Å². The van der Waals surface area contributed by atoms with E-state index in [-0.39, 0.29) is 5.43 Å². The number of carbonyl (C=O) groups is 1. The van der Waals surface area contributed by atoms with Gasteiger partial charge in [0.2, 0.25) is 0 Å². The monoisotopic (exact) mass is 224 g/mol. The summed E-state index contributed by atoms with van der Waals surface area (Å²) in [5, 5.41) is 2.46. The Bertz CT molecular complexity index is 443. The van der Waals surface area contributed by atoms with E-state index in [0.29, 0.717) is 11.5 Å². The van der Waals surface area contributed by atoms with E-state index in [2.05, 4.69) is 10.3 Å². The summed E-state index contributed by atoms with van der Waals surface area (Å²) in [4.78, 5) is 25.4. The smallest absolute Gasteiger partial charge is 0.413 e. The van der Waals surface area contributed by atoms with Gasteiger partial charge in [0.05, 0.1) is 0 Å². The van der Waals surface area contributed by atoms with Gasteiger partial charge in [-0.2, -0.15) is 0 Å². The second-order valence-corrected chi connectivity index (χ2v) is 4.54. The third-order valence-corrected chi connectivity index (χ3v) is 1.61. The quantitative estimate of drug-likeness (QED) is 0.766. The molecule has 1 aromatic rings. The molecule has 0 unspecified atom stereocenters. The lowest BCUT2D eigenvalue weighted by molar-refractivity contribution is 0.0635. The van der Waals surface area contributed by atoms with Crippen molar-refractivity contribution in [1.82, 2.24) is 4.98 Å². The SMILES string of the molecule is Cc1cc(=O)cc(NC(=O)OC(C)(C)C)[nH]1. The van der Waals surface area contributed by atoms with E-state index in [9.17, 15) is 9.59 Å². The molecule has 1 amide bonds. The molecule has 5 heteroatoms. The Morgan fingerprint density at radius 3 is 2.50 bits per heavy atom. The molecule has 0 radical (unpaired) electrons. The van der Waals surface area contributed by atoms with Crippen molar-refractivity contribution in [3.05, 3.63) is 28.0 Å². The number of aromatic nitrogens is 1. The third kappa shape index (κ3) is 4.16. The maximum atomic E-state index is 11.4. The number of H-pyrrole nitrogens is 1. The number of hydrogen-bond acceptors (Lipinski definition) is 3. The largest absolute Gasteiger partial charge is 0.444 e. The van der Waals surface area contributed by atoms with Crippen LogP contribution in [0, 0.1) is 6.92 Å². The van der Waals surface area contributed by atoms with Gasteiger partial charge in [0.1, 0.15) is 11.4 Å². The minimum absolute atomic E-state index is 0.165. The second-order valence-electron chi connectivity index (χ2n) is 4.54. The third-order valence-electron chi connectivity index (χ3n) is 1.61. The van der Waals surface area contributed by atoms with Gasteiger partial charge in [0.15, 0.2) is 5.43 Å². The fourth-order valence-corrected chi connectivity index (χ4v) is 1.16. The lowest BCUT2D eigenvalue weighted by Gasteiger charge is -2.19. The first kappa shape index (κ1) is 12.3. The summed E-state index contributed by atoms with van der Waals surface area (Å²) >= 11 is 0. The van der Waals surface area contributed by atoms with Gasteiger partial charge in [-0.1, -0.05) is 0 Å². The Hall–Kier alpha value is -1.78. The van der Waals surface area contributed by atoms with Gasteiger partial charge >= 0.3 is 6.09 Å². The summed E-state index contributed by atoms with van der Waals surface area (Å²) in [5.41, 5.74) is -0.0466. The summed E-state index contributed by atoms with van der Waals surface area (Å²) in [6.45, 7) is 7.05. The lowest BCUT2D eigenvalue weighted by Crippen LogP contribution is -2.27. The molecular weight excluding hydrogens is 208 g/mol. The molecule has 0 aliphatic carbocycles. The van der Waals surface area contributed by atoms with Crippen LogP contribution in [0.15, 0.2) is 16.9 Å². The molecule has 0 fully saturated rings. The predicted octanol–water partition coefficient (Wildman–Crippen LogP) is 2.03. The van der Waals surface area contributed by atoms with Crippen LogP contribution in [0.2, 0.25) is 0 Å². The molecule has 16 heavy (non-hydrogen) atoms. The van der Waals surface area contributed by atoms with E-state index < -0.39 is 11.7 Å². The normalized spacial score (nSPS) is 11.0. The number of carbonyl (C=O) groups excluding carboxylic acids is 1. The fourth-order valence-electron chi connectivity index (χ4n) is 1.16. The highest BCUT2D eigenvalue weighted by atomic mass is 16.6. The molecule has 88 valence electrons. The molecule has 2 N–H and O–H groups in total. The number of aromatic amines is 1. The van der Waals surface area contributed by atoms with Gasteiger partial charge in [0.25, 0.3) is 0 Å². The summed E-state index contributed by atoms with van der Waals surface area (Å²) in [5.74, 6) is 0.333. The zero-order valence-electron chi connectivity index (χ0n) is 9.88. The van der Waals surface area contributed by atoms with Crippen molar-refractivity contribution >= 4 is 11.9 Å². The standard InChI is InChI=1S/C11H16N2O3/c1-7-5-8(14)6-9(12-7)13-10(15)16-11(2,3)4/h5-6H,1-4H3,(H2,12,13,14,15). The maximum absolute atomic E-state index is 11.4. The van der Waals surface area contributed by atoms with Crippen LogP contribution in [0.3, 0.4) is 0 Å². The molecule has 0 aliphatic heterocycles. The maximum Gasteiger partial charge on any atom is 0.413 e. The van der Waals surface area contributed by atoms with Crippen LogP contribution in [0.25, 0.3) is 0 Å². The van der Waals surface area contributed by atoms with Crippen LogP contribution in [0.1, 0.15) is 26.5 Å². The van der Waals surface area contributed by atoms with Gasteiger partial charge < -0.3 is 9.72 Å². The van der Waals surface area contributed by atoms with Crippen molar-refractivity contribution in [3.8, 4) is 0 Å². The van der Waals surface area contributed by atoms with E-state index in [0.717, 1.165) is 0 Å². The number of aryl methyl sites for hydroxylation is 1. The molecule has 1 rings (SSSR count). The number of amides is 1. The Morgan fingerprint density at radius 1 is 1.38 bits per heavy atom. The molecule has 0 aromatic carbocycles. The minimum Gasteiger partial charge on any atom is -0.444 e. The molecule has 1 aromatic heterocycles. The van der Waals surface area contributed by atoms with Gasteiger partial charge in [-0.05, 0) is 27.7 Å². The van der Waals surface area contributed by atoms with Crippen molar-refractivity contribution < 1.29 is 9.53 Å². The molecular formula is C11H16N2O3. The van der Waals surface area contributed by atoms with Crippen LogP contribution >= 0.6 is 0 Å². The van der Waals surface area contributed by atoms with Gasteiger partial charge in [-0.25, -0.2) is 4.79 Å². The Kier molecular flexibility index (Phi) is 3.37. The van der Waals surface area contributed by atoms with Crippen LogP contribution in [-0.4, -0.2) is 16.7 Å². The highest BCUT2D eigenvalue weighted by molar-refractivity contribution is 5.83. The number of hydrogen-bond donors (Lipinski definition) is 2. The van der Waals surface area contributed by atoms with E-state index in [1.807, 2.05) is 0 Å². The van der Waals surface area contributed by atoms with Crippen LogP contribution in [0.4, 0.5) is 10.6 Å². The van der Waals surface area contributed by atoms with Crippen molar-refractivity contribution in [1.29, 1.82) is 0 Å². The topological polar surface area (TPSA) is 71.2 Å². The zero-order valence-corrected chi connectivity index (χ0v) is 9.88. The average molecular weight is 224 g/mol. The van der Waals surface area contributed by atoms with E-state index in [1.54, 1.807) is 27.7 Å². The molecule has 0 saturated heterocycles. The summed E-state index contributed by atoms with van der Waals surface area (Å²) in [7, 11) is 0. The second kappa shape index (κ2) is 4.38. The number of anilines is 1. The highest BCUT2D eigenvalue weighted by Crippen LogP contribution is 2.09. The molecule has 0 atom stereocenters. The molecule has 0 spiro atoms. The van der Waals surface area contributed by atoms with Gasteiger partial charge in [-0.3, -0.25) is 10.1 Å². The molecule has 5 nitrogen and oxygen atoms in total. The summed E-state index contributed by atoms with van der Waals surface area (Å²) in [6, 6.07) is 2.75. The van der Waals surface area contributed by atoms with E-state index in [4.69, 9.17) is 4.74 Å². The molecule has 0 aliphatic rings. The highest BCUT2D eigenvalue weighted by Gasteiger charge is 2.16.